The lowest BCUT2D eigenvalue weighted by molar-refractivity contribution is -0.666. The minimum absolute atomic E-state index is 0.363. The number of pyridine rings is 6. The molecule has 12 rings (SSSR count). The molecule has 0 aliphatic rings. The summed E-state index contributed by atoms with van der Waals surface area (Å²) in [5.41, 5.74) is 32.0. The van der Waals surface area contributed by atoms with E-state index < -0.39 is 13.7 Å². The SMILES string of the molecule is Cc1cc[n+](C)c(-c2ccccc2C)c1.Cc1ccccc1-c1c(C)c(C)c(C)c[n+]1C.Cc1ccccc1-c1c(C)ccc[n+]1C.Cc1ccccc1-c1cccc(C)[n+]1C.[2H]C([2H])([2H])c1c[n+](C)c(-c2ccccc2C)cc1C.[2H]C([2H])([2H])c1ccc(-c2ccccc2C)[n+](C)c1. The predicted molar refractivity (Wildman–Crippen MR) is 389 cm³/mol. The normalized spacial score (nSPS) is 11.6. The lowest BCUT2D eigenvalue weighted by Gasteiger charge is -2.10. The lowest BCUT2D eigenvalue weighted by Crippen LogP contribution is -2.34. The van der Waals surface area contributed by atoms with Crippen LogP contribution >= 0.6 is 0 Å². The van der Waals surface area contributed by atoms with E-state index in [-0.39, 0.29) is 0 Å². The molecule has 0 bridgehead atoms. The molecule has 6 nitrogen and oxygen atoms in total. The molecule has 6 heteroatoms. The summed E-state index contributed by atoms with van der Waals surface area (Å²) in [6, 6.07) is 70.7. The Balaban J connectivity index is 0.000000167. The second-order valence-electron chi connectivity index (χ2n) is 24.7. The van der Waals surface area contributed by atoms with Crippen LogP contribution in [0.15, 0.2) is 237 Å². The average Bonchev–Trinajstić information content (AvgIpc) is 0.836. The van der Waals surface area contributed by atoms with Gasteiger partial charge in [-0.2, -0.15) is 4.57 Å². The Morgan fingerprint density at radius 3 is 1.15 bits per heavy atom. The maximum atomic E-state index is 7.55. The molecule has 0 unspecified atom stereocenters. The number of benzene rings is 6. The number of rotatable bonds is 6. The van der Waals surface area contributed by atoms with Crippen molar-refractivity contribution in [3.05, 3.63) is 321 Å². The lowest BCUT2D eigenvalue weighted by atomic mass is 9.97. The first-order chi connectivity index (χ1) is 46.8. The van der Waals surface area contributed by atoms with Crippen molar-refractivity contribution < 1.29 is 35.6 Å². The van der Waals surface area contributed by atoms with Gasteiger partial charge in [0.05, 0.1) is 0 Å². The van der Waals surface area contributed by atoms with E-state index >= 15 is 0 Å². The Hall–Kier alpha value is -9.78. The van der Waals surface area contributed by atoms with Gasteiger partial charge in [0.1, 0.15) is 42.3 Å². The minimum atomic E-state index is -2.06. The molecular formula is C87H102N6+6. The van der Waals surface area contributed by atoms with Gasteiger partial charge in [0.25, 0.3) is 0 Å². The van der Waals surface area contributed by atoms with E-state index in [1.54, 1.807) is 18.5 Å². The van der Waals surface area contributed by atoms with Crippen LogP contribution in [-0.2, 0) is 42.3 Å². The molecule has 0 atom stereocenters. The number of hydrogen-bond acceptors (Lipinski definition) is 0. The summed E-state index contributed by atoms with van der Waals surface area (Å²) in [5, 5.41) is 0. The highest BCUT2D eigenvalue weighted by molar-refractivity contribution is 5.67. The standard InChI is InChI=1S/C16H20N.C15H18N.4C14H16N/c1-11-8-6-7-9-15(11)16-14(4)13(3)12(2)10-17(16)5;1-11-7-5-6-8-14(11)15-9-12(2)13(3)10-16(15)4;1-11-7-4-5-9-13(11)14-12(2)8-6-10-15(14)3;1-11-7-4-5-9-13(11)14-10-6-8-12(2)15(14)3;1-11-8-9-15(3)14(10-11)13-7-5-4-6-12(13)2;1-11-8-9-14(15(3)10-11)13-7-5-4-6-12(13)2/h6-10H,1-5H3;5-10H,1-4H3;4*4-10H,1-3H3/q6*+1/i;3D3;;;;1D3. The molecule has 0 N–H and O–H groups in total. The molecule has 0 spiro atoms. The first kappa shape index (κ1) is 62.0. The van der Waals surface area contributed by atoms with Crippen molar-refractivity contribution in [2.75, 3.05) is 0 Å². The van der Waals surface area contributed by atoms with Crippen LogP contribution in [0.4, 0.5) is 0 Å². The number of aromatic nitrogens is 6. The van der Waals surface area contributed by atoms with Crippen molar-refractivity contribution in [3.8, 4) is 67.5 Å². The Kier molecular flexibility index (Phi) is 22.0. The predicted octanol–water partition coefficient (Wildman–Crippen LogP) is 17.7. The van der Waals surface area contributed by atoms with Gasteiger partial charge in [0.15, 0.2) is 36.7 Å². The van der Waals surface area contributed by atoms with Crippen LogP contribution in [0.1, 0.15) is 91.8 Å². The molecular weight excluding hydrogens is 1130 g/mol. The molecule has 93 heavy (non-hydrogen) atoms. The van der Waals surface area contributed by atoms with Crippen LogP contribution in [-0.4, -0.2) is 0 Å². The van der Waals surface area contributed by atoms with E-state index in [1.807, 2.05) is 85.6 Å². The fourth-order valence-electron chi connectivity index (χ4n) is 11.7. The third kappa shape index (κ3) is 18.3. The van der Waals surface area contributed by atoms with Gasteiger partial charge in [0.2, 0.25) is 34.2 Å². The van der Waals surface area contributed by atoms with Crippen LogP contribution in [0.5, 0.6) is 0 Å². The van der Waals surface area contributed by atoms with Crippen LogP contribution in [0.2, 0.25) is 0 Å². The maximum absolute atomic E-state index is 7.55. The minimum Gasteiger partial charge on any atom is -0.201 e. The second kappa shape index (κ2) is 33.0. The summed E-state index contributed by atoms with van der Waals surface area (Å²) in [4.78, 5) is 0. The summed E-state index contributed by atoms with van der Waals surface area (Å²) in [7, 11) is 12.2. The molecule has 0 aliphatic heterocycles. The maximum Gasteiger partial charge on any atom is 0.215 e. The zero-order valence-electron chi connectivity index (χ0n) is 64.7. The monoisotopic (exact) mass is 1240 g/mol. The first-order valence-electron chi connectivity index (χ1n) is 35.0. The van der Waals surface area contributed by atoms with Crippen molar-refractivity contribution in [1.82, 2.24) is 0 Å². The topological polar surface area (TPSA) is 23.3 Å². The van der Waals surface area contributed by atoms with E-state index in [9.17, 15) is 0 Å². The molecule has 6 heterocycles. The zero-order valence-corrected chi connectivity index (χ0v) is 58.7. The van der Waals surface area contributed by atoms with Crippen LogP contribution in [0.3, 0.4) is 0 Å². The zero-order chi connectivity index (χ0) is 72.6. The number of nitrogens with zero attached hydrogens (tertiary/aromatic N) is 6. The summed E-state index contributed by atoms with van der Waals surface area (Å²) >= 11 is 0. The number of hydrogen-bond donors (Lipinski definition) is 0. The third-order valence-electron chi connectivity index (χ3n) is 17.5. The van der Waals surface area contributed by atoms with Crippen molar-refractivity contribution in [2.45, 2.75) is 104 Å². The largest absolute Gasteiger partial charge is 0.215 e. The highest BCUT2D eigenvalue weighted by atomic mass is 15.0. The van der Waals surface area contributed by atoms with Crippen molar-refractivity contribution >= 4 is 0 Å². The van der Waals surface area contributed by atoms with Crippen LogP contribution in [0.25, 0.3) is 67.5 Å². The van der Waals surface area contributed by atoms with Gasteiger partial charge in [-0.3, -0.25) is 0 Å². The Bertz CT molecular complexity index is 4710. The van der Waals surface area contributed by atoms with E-state index in [4.69, 9.17) is 8.22 Å². The molecule has 0 radical (unpaired) electrons. The van der Waals surface area contributed by atoms with Gasteiger partial charge in [-0.25, -0.2) is 22.8 Å². The number of aryl methyl sites for hydroxylation is 18. The van der Waals surface area contributed by atoms with Gasteiger partial charge in [0, 0.05) is 119 Å². The van der Waals surface area contributed by atoms with Crippen molar-refractivity contribution in [2.24, 2.45) is 42.3 Å². The van der Waals surface area contributed by atoms with Gasteiger partial charge >= 0.3 is 0 Å². The Morgan fingerprint density at radius 1 is 0.247 bits per heavy atom. The summed E-state index contributed by atoms with van der Waals surface area (Å²) in [6.07, 6.45) is 9.80. The molecule has 0 fully saturated rings. The molecule has 0 amide bonds. The second-order valence-corrected chi connectivity index (χ2v) is 24.7. The fourth-order valence-corrected chi connectivity index (χ4v) is 11.7. The van der Waals surface area contributed by atoms with Crippen LogP contribution in [0, 0.1) is 104 Å². The average molecular weight is 1240 g/mol. The summed E-state index contributed by atoms with van der Waals surface area (Å²) in [6.45, 7) is 23.5. The van der Waals surface area contributed by atoms with E-state index in [2.05, 4.69) is 293 Å². The van der Waals surface area contributed by atoms with Crippen LogP contribution < -0.4 is 27.4 Å². The molecule has 474 valence electrons. The quantitative estimate of drug-likeness (QED) is 0.148. The smallest absolute Gasteiger partial charge is 0.201 e. The molecule has 0 saturated carbocycles. The van der Waals surface area contributed by atoms with E-state index in [1.165, 1.54) is 112 Å². The Morgan fingerprint density at radius 2 is 0.677 bits per heavy atom. The van der Waals surface area contributed by atoms with Gasteiger partial charge < -0.3 is 0 Å². The van der Waals surface area contributed by atoms with Gasteiger partial charge in [-0.05, 0) is 201 Å². The molecule has 12 aromatic rings. The van der Waals surface area contributed by atoms with Gasteiger partial charge in [-0.15, -0.1) is 0 Å². The van der Waals surface area contributed by atoms with Crippen molar-refractivity contribution in [3.63, 3.8) is 0 Å². The summed E-state index contributed by atoms with van der Waals surface area (Å²) < 4.78 is 57.4. The highest BCUT2D eigenvalue weighted by Gasteiger charge is 2.20. The highest BCUT2D eigenvalue weighted by Crippen LogP contribution is 2.28. The molecule has 6 aromatic carbocycles. The Labute approximate surface area is 567 Å². The summed E-state index contributed by atoms with van der Waals surface area (Å²) in [5.74, 6) is 0. The van der Waals surface area contributed by atoms with Crippen molar-refractivity contribution in [1.29, 1.82) is 0 Å². The molecule has 0 saturated heterocycles. The third-order valence-corrected chi connectivity index (χ3v) is 17.5. The molecule has 6 aromatic heterocycles. The molecule has 0 aliphatic carbocycles. The van der Waals surface area contributed by atoms with Gasteiger partial charge in [-0.1, -0.05) is 109 Å². The first-order valence-corrected chi connectivity index (χ1v) is 32.0. The fraction of sp³-hybridized carbons (Fsp3) is 0.241. The van der Waals surface area contributed by atoms with E-state index in [0.717, 1.165) is 28.1 Å². The van der Waals surface area contributed by atoms with E-state index in [0.29, 0.717) is 11.1 Å².